The summed E-state index contributed by atoms with van der Waals surface area (Å²) in [5.41, 5.74) is 0.804. The van der Waals surface area contributed by atoms with Crippen LogP contribution in [0.1, 0.15) is 0 Å². The van der Waals surface area contributed by atoms with E-state index >= 15 is 0 Å². The van der Waals surface area contributed by atoms with Gasteiger partial charge in [-0.05, 0) is 31.0 Å². The van der Waals surface area contributed by atoms with Gasteiger partial charge in [0, 0.05) is 26.2 Å². The number of fused-ring (bicyclic) bond motifs is 2. The van der Waals surface area contributed by atoms with Crippen LogP contribution in [0.3, 0.4) is 0 Å². The van der Waals surface area contributed by atoms with Gasteiger partial charge in [0.15, 0.2) is 5.65 Å². The maximum absolute atomic E-state index is 4.57. The Hall–Kier alpha value is -1.69. The molecule has 4 heterocycles. The predicted molar refractivity (Wildman–Crippen MR) is 67.5 cm³/mol. The van der Waals surface area contributed by atoms with Crippen molar-refractivity contribution in [3.8, 4) is 0 Å². The molecule has 2 saturated heterocycles. The van der Waals surface area contributed by atoms with Gasteiger partial charge in [-0.15, -0.1) is 15.3 Å². The van der Waals surface area contributed by atoms with Crippen LogP contribution in [0.2, 0.25) is 0 Å². The Bertz CT molecular complexity index is 565. The smallest absolute Gasteiger partial charge is 0.177 e. The number of rotatable bonds is 1. The number of anilines is 1. The van der Waals surface area contributed by atoms with Crippen molar-refractivity contribution >= 4 is 11.5 Å². The number of hydrogen-bond donors (Lipinski definition) is 0. The van der Waals surface area contributed by atoms with E-state index in [4.69, 9.17) is 0 Å². The van der Waals surface area contributed by atoms with Crippen LogP contribution in [-0.4, -0.2) is 57.9 Å². The standard InChI is InChI=1S/C12H16N6/c1-16-4-9-6-17(7-10(9)5-16)12-3-2-11-14-13-8-18(11)15-12/h2-3,8-10H,4-7H2,1H3. The molecule has 0 N–H and O–H groups in total. The average molecular weight is 244 g/mol. The van der Waals surface area contributed by atoms with E-state index in [0.29, 0.717) is 0 Å². The molecule has 2 aliphatic rings. The number of likely N-dealkylation sites (tertiary alicyclic amines) is 1. The average Bonchev–Trinajstić information content (AvgIpc) is 3.00. The summed E-state index contributed by atoms with van der Waals surface area (Å²) in [5, 5.41) is 12.4. The Morgan fingerprint density at radius 2 is 1.89 bits per heavy atom. The number of aromatic nitrogens is 4. The van der Waals surface area contributed by atoms with E-state index in [2.05, 4.69) is 38.2 Å². The normalized spacial score (nSPS) is 28.2. The van der Waals surface area contributed by atoms with Crippen LogP contribution in [0, 0.1) is 11.8 Å². The van der Waals surface area contributed by atoms with Gasteiger partial charge in [-0.3, -0.25) is 0 Å². The SMILES string of the molecule is CN1CC2CN(c3ccc4nncn4n3)CC2C1. The molecule has 0 saturated carbocycles. The quantitative estimate of drug-likeness (QED) is 0.713. The van der Waals surface area contributed by atoms with Crippen LogP contribution in [-0.2, 0) is 0 Å². The van der Waals surface area contributed by atoms with Gasteiger partial charge in [0.1, 0.15) is 12.1 Å². The second kappa shape index (κ2) is 3.65. The molecule has 2 aromatic rings. The summed E-state index contributed by atoms with van der Waals surface area (Å²) in [6.07, 6.45) is 1.66. The van der Waals surface area contributed by atoms with E-state index in [1.54, 1.807) is 10.8 Å². The van der Waals surface area contributed by atoms with Gasteiger partial charge >= 0.3 is 0 Å². The summed E-state index contributed by atoms with van der Waals surface area (Å²) < 4.78 is 1.75. The van der Waals surface area contributed by atoms with Crippen molar-refractivity contribution < 1.29 is 0 Å². The zero-order valence-electron chi connectivity index (χ0n) is 10.4. The molecular weight excluding hydrogens is 228 g/mol. The second-order valence-corrected chi connectivity index (χ2v) is 5.47. The summed E-state index contributed by atoms with van der Waals surface area (Å²) in [6, 6.07) is 4.03. The van der Waals surface area contributed by atoms with Gasteiger partial charge in [-0.25, -0.2) is 0 Å². The molecule has 6 heteroatoms. The van der Waals surface area contributed by atoms with E-state index in [-0.39, 0.29) is 0 Å². The lowest BCUT2D eigenvalue weighted by Gasteiger charge is -2.19. The molecule has 0 amide bonds. The Labute approximate surface area is 105 Å². The van der Waals surface area contributed by atoms with Crippen LogP contribution in [0.5, 0.6) is 0 Å². The molecule has 0 aliphatic carbocycles. The molecule has 2 atom stereocenters. The maximum atomic E-state index is 4.57. The molecule has 0 spiro atoms. The van der Waals surface area contributed by atoms with Gasteiger partial charge in [-0.1, -0.05) is 0 Å². The van der Waals surface area contributed by atoms with E-state index in [1.165, 1.54) is 13.1 Å². The monoisotopic (exact) mass is 244 g/mol. The molecule has 4 rings (SSSR count). The predicted octanol–water partition coefficient (Wildman–Crippen LogP) is 0.122. The lowest BCUT2D eigenvalue weighted by Crippen LogP contribution is -2.27. The van der Waals surface area contributed by atoms with Crippen molar-refractivity contribution in [2.75, 3.05) is 38.1 Å². The minimum atomic E-state index is 0.799. The molecular formula is C12H16N6. The fraction of sp³-hybridized carbons (Fsp3) is 0.583. The van der Waals surface area contributed by atoms with Crippen molar-refractivity contribution in [2.45, 2.75) is 0 Å². The number of hydrogen-bond acceptors (Lipinski definition) is 5. The fourth-order valence-electron chi connectivity index (χ4n) is 3.30. The first kappa shape index (κ1) is 10.3. The summed E-state index contributed by atoms with van der Waals surface area (Å²) in [6.45, 7) is 4.68. The van der Waals surface area contributed by atoms with Crippen molar-refractivity contribution in [2.24, 2.45) is 11.8 Å². The lowest BCUT2D eigenvalue weighted by molar-refractivity contribution is 0.386. The first-order valence-corrected chi connectivity index (χ1v) is 6.40. The molecule has 0 aromatic carbocycles. The molecule has 0 bridgehead atoms. The molecule has 2 aliphatic heterocycles. The lowest BCUT2D eigenvalue weighted by atomic mass is 10.0. The summed E-state index contributed by atoms with van der Waals surface area (Å²) >= 11 is 0. The van der Waals surface area contributed by atoms with Crippen LogP contribution < -0.4 is 4.90 Å². The fourth-order valence-corrected chi connectivity index (χ4v) is 3.30. The Kier molecular flexibility index (Phi) is 2.08. The third-order valence-corrected chi connectivity index (χ3v) is 4.14. The maximum Gasteiger partial charge on any atom is 0.177 e. The highest BCUT2D eigenvalue weighted by atomic mass is 15.4. The minimum absolute atomic E-state index is 0.799. The summed E-state index contributed by atoms with van der Waals surface area (Å²) in [4.78, 5) is 4.82. The first-order valence-electron chi connectivity index (χ1n) is 6.40. The highest BCUT2D eigenvalue weighted by Gasteiger charge is 2.39. The molecule has 94 valence electrons. The van der Waals surface area contributed by atoms with Crippen molar-refractivity contribution in [1.29, 1.82) is 0 Å². The molecule has 0 radical (unpaired) electrons. The molecule has 2 unspecified atom stereocenters. The third-order valence-electron chi connectivity index (χ3n) is 4.14. The summed E-state index contributed by atoms with van der Waals surface area (Å²) in [7, 11) is 2.21. The highest BCUT2D eigenvalue weighted by molar-refractivity contribution is 5.46. The van der Waals surface area contributed by atoms with E-state index in [1.807, 2.05) is 6.07 Å². The molecule has 6 nitrogen and oxygen atoms in total. The molecule has 2 aromatic heterocycles. The van der Waals surface area contributed by atoms with Crippen LogP contribution in [0.15, 0.2) is 18.5 Å². The van der Waals surface area contributed by atoms with Crippen LogP contribution in [0.4, 0.5) is 5.82 Å². The van der Waals surface area contributed by atoms with Crippen molar-refractivity contribution in [3.05, 3.63) is 18.5 Å². The Balaban J connectivity index is 1.61. The van der Waals surface area contributed by atoms with Gasteiger partial charge in [0.05, 0.1) is 0 Å². The van der Waals surface area contributed by atoms with Crippen molar-refractivity contribution in [1.82, 2.24) is 24.7 Å². The van der Waals surface area contributed by atoms with Crippen molar-refractivity contribution in [3.63, 3.8) is 0 Å². The van der Waals surface area contributed by atoms with Gasteiger partial charge in [0.2, 0.25) is 0 Å². The highest BCUT2D eigenvalue weighted by Crippen LogP contribution is 2.32. The van der Waals surface area contributed by atoms with E-state index < -0.39 is 0 Å². The number of nitrogens with zero attached hydrogens (tertiary/aromatic N) is 6. The van der Waals surface area contributed by atoms with E-state index in [9.17, 15) is 0 Å². The van der Waals surface area contributed by atoms with Gasteiger partial charge in [-0.2, -0.15) is 4.52 Å². The molecule has 18 heavy (non-hydrogen) atoms. The van der Waals surface area contributed by atoms with Gasteiger partial charge in [0.25, 0.3) is 0 Å². The van der Waals surface area contributed by atoms with Crippen LogP contribution >= 0.6 is 0 Å². The summed E-state index contributed by atoms with van der Waals surface area (Å²) in [5.74, 6) is 2.64. The largest absolute Gasteiger partial charge is 0.355 e. The Morgan fingerprint density at radius 3 is 2.67 bits per heavy atom. The zero-order chi connectivity index (χ0) is 12.1. The minimum Gasteiger partial charge on any atom is -0.355 e. The van der Waals surface area contributed by atoms with E-state index in [0.717, 1.165) is 36.4 Å². The third kappa shape index (κ3) is 1.49. The van der Waals surface area contributed by atoms with Crippen LogP contribution in [0.25, 0.3) is 5.65 Å². The zero-order valence-corrected chi connectivity index (χ0v) is 10.4. The topological polar surface area (TPSA) is 49.6 Å². The molecule has 2 fully saturated rings. The second-order valence-electron chi connectivity index (χ2n) is 5.47. The Morgan fingerprint density at radius 1 is 1.11 bits per heavy atom. The van der Waals surface area contributed by atoms with Gasteiger partial charge < -0.3 is 9.80 Å². The first-order chi connectivity index (χ1) is 8.79.